The molecule has 5 fully saturated rings. The van der Waals surface area contributed by atoms with Gasteiger partial charge in [-0.2, -0.15) is 0 Å². The Bertz CT molecular complexity index is 1050. The van der Waals surface area contributed by atoms with Crippen LogP contribution >= 0.6 is 0 Å². The summed E-state index contributed by atoms with van der Waals surface area (Å²) < 4.78 is 5.83. The van der Waals surface area contributed by atoms with Crippen molar-refractivity contribution >= 4 is 0 Å². The molecule has 0 unspecified atom stereocenters. The summed E-state index contributed by atoms with van der Waals surface area (Å²) in [6.07, 6.45) is 9.67. The van der Waals surface area contributed by atoms with E-state index in [-0.39, 0.29) is 22.2 Å². The molecule has 33 heavy (non-hydrogen) atoms. The molecule has 0 aromatic heterocycles. The van der Waals surface area contributed by atoms with Crippen LogP contribution in [0.3, 0.4) is 0 Å². The minimum absolute atomic E-state index is 0.0157. The molecule has 0 radical (unpaired) electrons. The van der Waals surface area contributed by atoms with Crippen LogP contribution in [0.5, 0.6) is 5.75 Å². The molecule has 6 aliphatic carbocycles. The average Bonchev–Trinajstić information content (AvgIpc) is 3.40. The second kappa shape index (κ2) is 6.18. The van der Waals surface area contributed by atoms with Crippen LogP contribution < -0.4 is 0 Å². The lowest BCUT2D eigenvalue weighted by atomic mass is 9.42. The monoisotopic (exact) mass is 450 g/mol. The topological polar surface area (TPSA) is 69.9 Å². The number of phenolic OH excluding ortho intramolecular Hbond substituents is 1. The van der Waals surface area contributed by atoms with E-state index in [0.29, 0.717) is 41.1 Å². The summed E-state index contributed by atoms with van der Waals surface area (Å²) in [7, 11) is 1.68. The Hall–Kier alpha value is -1.52. The molecule has 7 rings (SSSR count). The van der Waals surface area contributed by atoms with Gasteiger partial charge in [0.15, 0.2) is 0 Å². The molecule has 1 spiro atoms. The van der Waals surface area contributed by atoms with Gasteiger partial charge in [0.25, 0.3) is 0 Å². The van der Waals surface area contributed by atoms with Gasteiger partial charge in [-0.1, -0.05) is 32.0 Å². The molecule has 6 bridgehead atoms. The number of phenols is 1. The second-order valence-corrected chi connectivity index (χ2v) is 13.0. The van der Waals surface area contributed by atoms with E-state index >= 15 is 0 Å². The molecule has 178 valence electrons. The standard InChI is InChI=1S/C29H38O4/c1-26-15-20-18-8-9-19-11-16(10-17-6-4-5-7-21(17)30)13-28(19,14-18)27(26,2)24(20)25-22(31)12-23(33-3)29(25,26)32/h4-7,12,16,18-20,23-25,30-32H,8-11,13-15H2,1-3H3/t16-,18+,19-,20-,23-,24+,25+,26+,27+,28+,29-/m1/s1. The number of methoxy groups -OCH3 is 1. The number of para-hydroxylation sites is 1. The maximum absolute atomic E-state index is 12.4. The van der Waals surface area contributed by atoms with Crippen LogP contribution in [-0.4, -0.2) is 34.1 Å². The normalized spacial score (nSPS) is 55.4. The number of aliphatic hydroxyl groups excluding tert-OH is 1. The van der Waals surface area contributed by atoms with Crippen molar-refractivity contribution in [3.8, 4) is 5.75 Å². The van der Waals surface area contributed by atoms with E-state index in [0.717, 1.165) is 18.4 Å². The van der Waals surface area contributed by atoms with Crippen LogP contribution in [0.15, 0.2) is 36.1 Å². The zero-order valence-electron chi connectivity index (χ0n) is 20.1. The Labute approximate surface area is 197 Å². The summed E-state index contributed by atoms with van der Waals surface area (Å²) in [6, 6.07) is 7.83. The largest absolute Gasteiger partial charge is 0.512 e. The third-order valence-electron chi connectivity index (χ3n) is 12.7. The summed E-state index contributed by atoms with van der Waals surface area (Å²) in [6.45, 7) is 4.85. The Kier molecular flexibility index (Phi) is 3.90. The van der Waals surface area contributed by atoms with Gasteiger partial charge in [0, 0.05) is 12.5 Å². The predicted octanol–water partition coefficient (Wildman–Crippen LogP) is 5.24. The second-order valence-electron chi connectivity index (χ2n) is 13.0. The van der Waals surface area contributed by atoms with Gasteiger partial charge in [-0.25, -0.2) is 0 Å². The zero-order valence-corrected chi connectivity index (χ0v) is 20.1. The summed E-state index contributed by atoms with van der Waals surface area (Å²) in [5, 5.41) is 34.0. The summed E-state index contributed by atoms with van der Waals surface area (Å²) in [5.74, 6) is 3.49. The van der Waals surface area contributed by atoms with Crippen LogP contribution in [0, 0.1) is 51.8 Å². The van der Waals surface area contributed by atoms with Crippen LogP contribution in [-0.2, 0) is 11.2 Å². The van der Waals surface area contributed by atoms with Gasteiger partial charge in [0.1, 0.15) is 17.5 Å². The van der Waals surface area contributed by atoms with E-state index in [1.54, 1.807) is 13.2 Å². The minimum Gasteiger partial charge on any atom is -0.512 e. The summed E-state index contributed by atoms with van der Waals surface area (Å²) in [5.41, 5.74) is -0.0326. The Morgan fingerprint density at radius 2 is 1.85 bits per heavy atom. The molecule has 4 nitrogen and oxygen atoms in total. The fourth-order valence-electron chi connectivity index (χ4n) is 11.6. The number of rotatable bonds is 3. The number of hydrogen-bond donors (Lipinski definition) is 3. The number of aromatic hydroxyl groups is 1. The fourth-order valence-corrected chi connectivity index (χ4v) is 11.6. The average molecular weight is 451 g/mol. The molecule has 0 amide bonds. The van der Waals surface area contributed by atoms with E-state index in [9.17, 15) is 15.3 Å². The van der Waals surface area contributed by atoms with E-state index < -0.39 is 11.7 Å². The summed E-state index contributed by atoms with van der Waals surface area (Å²) in [4.78, 5) is 0. The lowest BCUT2D eigenvalue weighted by molar-refractivity contribution is -0.187. The number of hydrogen-bond acceptors (Lipinski definition) is 4. The lowest BCUT2D eigenvalue weighted by Gasteiger charge is -2.62. The first-order valence-corrected chi connectivity index (χ1v) is 13.1. The van der Waals surface area contributed by atoms with Crippen molar-refractivity contribution in [2.75, 3.05) is 7.11 Å². The lowest BCUT2D eigenvalue weighted by Crippen LogP contribution is -2.60. The zero-order chi connectivity index (χ0) is 23.0. The number of ether oxygens (including phenoxy) is 1. The molecule has 1 aromatic rings. The van der Waals surface area contributed by atoms with Gasteiger partial charge in [-0.15, -0.1) is 0 Å². The highest BCUT2D eigenvalue weighted by molar-refractivity contribution is 5.42. The molecular formula is C29H38O4. The highest BCUT2D eigenvalue weighted by Gasteiger charge is 2.88. The van der Waals surface area contributed by atoms with Gasteiger partial charge < -0.3 is 20.1 Å². The Morgan fingerprint density at radius 1 is 1.06 bits per heavy atom. The first-order chi connectivity index (χ1) is 15.7. The highest BCUT2D eigenvalue weighted by atomic mass is 16.5. The van der Waals surface area contributed by atoms with Gasteiger partial charge in [0.2, 0.25) is 0 Å². The van der Waals surface area contributed by atoms with Crippen molar-refractivity contribution in [1.82, 2.24) is 0 Å². The van der Waals surface area contributed by atoms with E-state index in [1.165, 1.54) is 32.1 Å². The van der Waals surface area contributed by atoms with E-state index in [1.807, 2.05) is 18.2 Å². The number of fused-ring (bicyclic) bond motifs is 4. The fraction of sp³-hybridized carbons (Fsp3) is 0.724. The molecule has 3 N–H and O–H groups in total. The first-order valence-electron chi connectivity index (χ1n) is 13.1. The third-order valence-corrected chi connectivity index (χ3v) is 12.7. The van der Waals surface area contributed by atoms with Gasteiger partial charge in [-0.05, 0) is 103 Å². The van der Waals surface area contributed by atoms with Gasteiger partial charge >= 0.3 is 0 Å². The van der Waals surface area contributed by atoms with Crippen molar-refractivity contribution in [2.24, 2.45) is 51.8 Å². The molecule has 6 aliphatic rings. The predicted molar refractivity (Wildman–Crippen MR) is 126 cm³/mol. The molecule has 4 heteroatoms. The van der Waals surface area contributed by atoms with Crippen molar-refractivity contribution in [1.29, 1.82) is 0 Å². The van der Waals surface area contributed by atoms with E-state index in [2.05, 4.69) is 19.9 Å². The molecular weight excluding hydrogens is 412 g/mol. The van der Waals surface area contributed by atoms with Crippen LogP contribution in [0.2, 0.25) is 0 Å². The molecule has 0 saturated heterocycles. The maximum atomic E-state index is 12.4. The molecule has 11 atom stereocenters. The quantitative estimate of drug-likeness (QED) is 0.589. The Morgan fingerprint density at radius 3 is 2.61 bits per heavy atom. The molecule has 5 saturated carbocycles. The smallest absolute Gasteiger partial charge is 0.118 e. The van der Waals surface area contributed by atoms with Crippen LogP contribution in [0.1, 0.15) is 57.9 Å². The van der Waals surface area contributed by atoms with Crippen LogP contribution in [0.4, 0.5) is 0 Å². The maximum Gasteiger partial charge on any atom is 0.118 e. The van der Waals surface area contributed by atoms with Gasteiger partial charge in [-0.3, -0.25) is 0 Å². The number of benzene rings is 1. The van der Waals surface area contributed by atoms with E-state index in [4.69, 9.17) is 4.74 Å². The Balaban J connectivity index is 1.34. The third kappa shape index (κ3) is 2.03. The highest BCUT2D eigenvalue weighted by Crippen LogP contribution is 2.88. The van der Waals surface area contributed by atoms with Crippen molar-refractivity contribution < 1.29 is 20.1 Å². The van der Waals surface area contributed by atoms with Gasteiger partial charge in [0.05, 0.1) is 11.7 Å². The van der Waals surface area contributed by atoms with Crippen LogP contribution in [0.25, 0.3) is 0 Å². The van der Waals surface area contributed by atoms with Crippen molar-refractivity contribution in [3.63, 3.8) is 0 Å². The summed E-state index contributed by atoms with van der Waals surface area (Å²) >= 11 is 0. The molecule has 1 aromatic carbocycles. The molecule has 0 aliphatic heterocycles. The van der Waals surface area contributed by atoms with Crippen molar-refractivity contribution in [3.05, 3.63) is 41.7 Å². The first kappa shape index (κ1) is 20.8. The minimum atomic E-state index is -1.02. The SMILES string of the molecule is CO[C@@H]1C=C(O)[C@H]2[C@@H]3[C@@H]4C[C@](C)([C@@]12O)[C@@]3(C)[C@]12C[C@H](Cc3ccccc3O)C[C@H]1CC[C@H]4C2. The van der Waals surface area contributed by atoms with Crippen molar-refractivity contribution in [2.45, 2.75) is 70.5 Å². The molecule has 0 heterocycles. The number of aliphatic hydroxyl groups is 2.